The van der Waals surface area contributed by atoms with Crippen molar-refractivity contribution in [3.8, 4) is 0 Å². The van der Waals surface area contributed by atoms with E-state index in [9.17, 15) is 4.79 Å². The lowest BCUT2D eigenvalue weighted by molar-refractivity contribution is 0.0710. The quantitative estimate of drug-likeness (QED) is 0.916. The lowest BCUT2D eigenvalue weighted by atomic mass is 10.1. The first-order valence-corrected chi connectivity index (χ1v) is 8.05. The fourth-order valence-corrected chi connectivity index (χ4v) is 2.87. The van der Waals surface area contributed by atoms with Crippen molar-refractivity contribution in [2.75, 3.05) is 13.6 Å². The Kier molecular flexibility index (Phi) is 4.71. The Bertz CT molecular complexity index is 656. The van der Waals surface area contributed by atoms with E-state index < -0.39 is 0 Å². The minimum Gasteiger partial charge on any atom is -0.337 e. The zero-order valence-electron chi connectivity index (χ0n) is 13.5. The molecular weight excluding hydrogens is 292 g/mol. The van der Waals surface area contributed by atoms with E-state index in [1.54, 1.807) is 0 Å². The Morgan fingerprint density at radius 1 is 1.43 bits per heavy atom. The molecule has 6 heteroatoms. The molecule has 2 aromatic rings. The van der Waals surface area contributed by atoms with E-state index in [-0.39, 0.29) is 18.0 Å². The number of nitrogens with zero attached hydrogens (tertiary/aromatic N) is 3. The van der Waals surface area contributed by atoms with Gasteiger partial charge >= 0.3 is 0 Å². The van der Waals surface area contributed by atoms with Crippen molar-refractivity contribution < 1.29 is 9.32 Å². The van der Waals surface area contributed by atoms with Crippen LogP contribution in [0.2, 0.25) is 0 Å². The average Bonchev–Trinajstić information content (AvgIpc) is 3.23. The predicted octanol–water partition coefficient (Wildman–Crippen LogP) is 2.20. The van der Waals surface area contributed by atoms with Gasteiger partial charge < -0.3 is 14.7 Å². The fourth-order valence-electron chi connectivity index (χ4n) is 2.87. The normalized spacial score (nSPS) is 19.0. The predicted molar refractivity (Wildman–Crippen MR) is 86.0 cm³/mol. The maximum Gasteiger partial charge on any atom is 0.254 e. The molecule has 1 amide bonds. The monoisotopic (exact) mass is 314 g/mol. The summed E-state index contributed by atoms with van der Waals surface area (Å²) in [7, 11) is 1.91. The molecule has 0 radical (unpaired) electrons. The number of amides is 1. The van der Waals surface area contributed by atoms with Gasteiger partial charge in [-0.05, 0) is 38.9 Å². The van der Waals surface area contributed by atoms with Crippen LogP contribution >= 0.6 is 0 Å². The van der Waals surface area contributed by atoms with E-state index in [1.165, 1.54) is 0 Å². The number of likely N-dealkylation sites (tertiary alicyclic amines) is 1. The number of aromatic nitrogens is 2. The summed E-state index contributed by atoms with van der Waals surface area (Å²) < 4.78 is 5.43. The number of likely N-dealkylation sites (N-methyl/N-ethyl adjacent to an activating group) is 1. The van der Waals surface area contributed by atoms with Crippen LogP contribution in [0.1, 0.15) is 47.9 Å². The summed E-state index contributed by atoms with van der Waals surface area (Å²) in [5.74, 6) is 1.25. The highest BCUT2D eigenvalue weighted by Gasteiger charge is 2.34. The van der Waals surface area contributed by atoms with E-state index in [2.05, 4.69) is 22.4 Å². The molecule has 2 atom stereocenters. The lowest BCUT2D eigenvalue weighted by Gasteiger charge is -2.21. The Morgan fingerprint density at radius 2 is 2.22 bits per heavy atom. The number of benzene rings is 1. The molecule has 0 spiro atoms. The zero-order chi connectivity index (χ0) is 16.2. The van der Waals surface area contributed by atoms with Crippen LogP contribution in [0.4, 0.5) is 0 Å². The highest BCUT2D eigenvalue weighted by molar-refractivity contribution is 5.94. The van der Waals surface area contributed by atoms with Gasteiger partial charge in [0.15, 0.2) is 5.82 Å². The SMILES string of the molecule is CNC(C)Cc1noc(C2CCCN2C(=O)c2ccccc2)n1. The van der Waals surface area contributed by atoms with E-state index in [1.807, 2.05) is 42.3 Å². The second kappa shape index (κ2) is 6.91. The van der Waals surface area contributed by atoms with Gasteiger partial charge in [0.25, 0.3) is 5.91 Å². The summed E-state index contributed by atoms with van der Waals surface area (Å²) >= 11 is 0. The van der Waals surface area contributed by atoms with Crippen molar-refractivity contribution in [1.82, 2.24) is 20.4 Å². The Labute approximate surface area is 135 Å². The smallest absolute Gasteiger partial charge is 0.254 e. The van der Waals surface area contributed by atoms with Crippen molar-refractivity contribution in [3.05, 3.63) is 47.6 Å². The maximum absolute atomic E-state index is 12.7. The van der Waals surface area contributed by atoms with E-state index in [0.717, 1.165) is 19.4 Å². The Morgan fingerprint density at radius 3 is 2.96 bits per heavy atom. The first-order valence-electron chi connectivity index (χ1n) is 8.05. The van der Waals surface area contributed by atoms with Gasteiger partial charge in [0, 0.05) is 24.6 Å². The summed E-state index contributed by atoms with van der Waals surface area (Å²) in [5.41, 5.74) is 0.697. The van der Waals surface area contributed by atoms with Gasteiger partial charge in [-0.1, -0.05) is 23.4 Å². The molecule has 3 rings (SSSR count). The van der Waals surface area contributed by atoms with Gasteiger partial charge in [0.05, 0.1) is 0 Å². The average molecular weight is 314 g/mol. The molecule has 0 aliphatic carbocycles. The highest BCUT2D eigenvalue weighted by Crippen LogP contribution is 2.32. The van der Waals surface area contributed by atoms with E-state index in [0.29, 0.717) is 23.7 Å². The van der Waals surface area contributed by atoms with Crippen LogP contribution in [0.15, 0.2) is 34.9 Å². The third-order valence-electron chi connectivity index (χ3n) is 4.28. The number of hydrogen-bond donors (Lipinski definition) is 1. The summed E-state index contributed by atoms with van der Waals surface area (Å²) in [6.45, 7) is 2.79. The third kappa shape index (κ3) is 3.42. The Balaban J connectivity index is 1.75. The molecule has 1 N–H and O–H groups in total. The van der Waals surface area contributed by atoms with E-state index in [4.69, 9.17) is 4.52 Å². The minimum absolute atomic E-state index is 0.0245. The van der Waals surface area contributed by atoms with Gasteiger partial charge in [0.1, 0.15) is 6.04 Å². The summed E-state index contributed by atoms with van der Waals surface area (Å²) in [4.78, 5) is 19.0. The number of carbonyl (C=O) groups excluding carboxylic acids is 1. The molecular formula is C17H22N4O2. The van der Waals surface area contributed by atoms with Gasteiger partial charge in [0.2, 0.25) is 5.89 Å². The molecule has 1 fully saturated rings. The lowest BCUT2D eigenvalue weighted by Crippen LogP contribution is -2.30. The van der Waals surface area contributed by atoms with Crippen molar-refractivity contribution in [2.24, 2.45) is 0 Å². The molecule has 1 aromatic heterocycles. The number of hydrogen-bond acceptors (Lipinski definition) is 5. The van der Waals surface area contributed by atoms with Crippen molar-refractivity contribution >= 4 is 5.91 Å². The molecule has 2 heterocycles. The van der Waals surface area contributed by atoms with Crippen molar-refractivity contribution in [2.45, 2.75) is 38.3 Å². The van der Waals surface area contributed by atoms with Crippen LogP contribution in [0, 0.1) is 0 Å². The summed E-state index contributed by atoms with van der Waals surface area (Å²) in [6, 6.07) is 9.51. The fraction of sp³-hybridized carbons (Fsp3) is 0.471. The van der Waals surface area contributed by atoms with Crippen molar-refractivity contribution in [1.29, 1.82) is 0 Å². The molecule has 6 nitrogen and oxygen atoms in total. The van der Waals surface area contributed by atoms with Crippen LogP contribution in [0.3, 0.4) is 0 Å². The van der Waals surface area contributed by atoms with Crippen LogP contribution < -0.4 is 5.32 Å². The second-order valence-corrected chi connectivity index (χ2v) is 5.97. The van der Waals surface area contributed by atoms with Gasteiger partial charge in [-0.15, -0.1) is 0 Å². The van der Waals surface area contributed by atoms with Crippen LogP contribution in [0.25, 0.3) is 0 Å². The minimum atomic E-state index is -0.117. The first-order chi connectivity index (χ1) is 11.2. The maximum atomic E-state index is 12.7. The summed E-state index contributed by atoms with van der Waals surface area (Å²) in [6.07, 6.45) is 2.52. The molecule has 0 saturated carbocycles. The topological polar surface area (TPSA) is 71.3 Å². The molecule has 0 bridgehead atoms. The number of carbonyl (C=O) groups is 1. The second-order valence-electron chi connectivity index (χ2n) is 5.97. The molecule has 122 valence electrons. The largest absolute Gasteiger partial charge is 0.337 e. The Hall–Kier alpha value is -2.21. The van der Waals surface area contributed by atoms with Crippen LogP contribution in [-0.4, -0.2) is 40.6 Å². The number of rotatable bonds is 5. The van der Waals surface area contributed by atoms with Gasteiger partial charge in [-0.2, -0.15) is 4.98 Å². The van der Waals surface area contributed by atoms with Crippen molar-refractivity contribution in [3.63, 3.8) is 0 Å². The van der Waals surface area contributed by atoms with Gasteiger partial charge in [-0.3, -0.25) is 4.79 Å². The number of nitrogens with one attached hydrogen (secondary N) is 1. The van der Waals surface area contributed by atoms with Gasteiger partial charge in [-0.25, -0.2) is 0 Å². The molecule has 2 unspecified atom stereocenters. The van der Waals surface area contributed by atoms with E-state index >= 15 is 0 Å². The van der Waals surface area contributed by atoms with Crippen LogP contribution in [0.5, 0.6) is 0 Å². The first kappa shape index (κ1) is 15.7. The molecule has 23 heavy (non-hydrogen) atoms. The zero-order valence-corrected chi connectivity index (χ0v) is 13.5. The summed E-state index contributed by atoms with van der Waals surface area (Å²) in [5, 5.41) is 7.21. The third-order valence-corrected chi connectivity index (χ3v) is 4.28. The molecule has 1 saturated heterocycles. The molecule has 1 aromatic carbocycles. The van der Waals surface area contributed by atoms with Crippen LogP contribution in [-0.2, 0) is 6.42 Å². The highest BCUT2D eigenvalue weighted by atomic mass is 16.5. The standard InChI is InChI=1S/C17H22N4O2/c1-12(18-2)11-15-19-16(23-20-15)14-9-6-10-21(14)17(22)13-7-4-3-5-8-13/h3-5,7-8,12,14,18H,6,9-11H2,1-2H3. The molecule has 1 aliphatic rings. The molecule has 1 aliphatic heterocycles.